The van der Waals surface area contributed by atoms with Crippen LogP contribution in [0.3, 0.4) is 0 Å². The Hall–Kier alpha value is -1.36. The van der Waals surface area contributed by atoms with Crippen LogP contribution in [0.1, 0.15) is 24.8 Å². The van der Waals surface area contributed by atoms with Crippen LogP contribution >= 0.6 is 24.8 Å². The fraction of sp³-hybridized carbons (Fsp3) is 0.375. The van der Waals surface area contributed by atoms with Gasteiger partial charge in [-0.05, 0) is 49.9 Å². The van der Waals surface area contributed by atoms with Gasteiger partial charge in [0, 0.05) is 23.5 Å². The highest BCUT2D eigenvalue weighted by molar-refractivity contribution is 6.02. The summed E-state index contributed by atoms with van der Waals surface area (Å²) in [5, 5.41) is 4.03. The van der Waals surface area contributed by atoms with Gasteiger partial charge in [-0.3, -0.25) is 9.78 Å². The van der Waals surface area contributed by atoms with Crippen LogP contribution in [0.25, 0.3) is 10.9 Å². The number of aromatic nitrogens is 1. The van der Waals surface area contributed by atoms with E-state index in [1.807, 2.05) is 31.2 Å². The van der Waals surface area contributed by atoms with Crippen molar-refractivity contribution in [3.05, 3.63) is 36.0 Å². The maximum Gasteiger partial charge on any atom is 0.227 e. The summed E-state index contributed by atoms with van der Waals surface area (Å²) in [5.41, 5.74) is 8.76. The third-order valence-electron chi connectivity index (χ3n) is 4.07. The number of fused-ring (bicyclic) bond motifs is 1. The molecule has 3 rings (SSSR count). The smallest absolute Gasteiger partial charge is 0.227 e. The molecule has 2 unspecified atom stereocenters. The summed E-state index contributed by atoms with van der Waals surface area (Å²) in [4.78, 5) is 16.7. The largest absolute Gasteiger partial charge is 0.328 e. The van der Waals surface area contributed by atoms with Crippen LogP contribution in [0.4, 0.5) is 5.69 Å². The lowest BCUT2D eigenvalue weighted by Crippen LogP contribution is -2.23. The average molecular weight is 342 g/mol. The van der Waals surface area contributed by atoms with E-state index in [4.69, 9.17) is 5.73 Å². The highest BCUT2D eigenvalue weighted by Crippen LogP contribution is 2.28. The van der Waals surface area contributed by atoms with E-state index in [1.165, 1.54) is 0 Å². The molecule has 0 bridgehead atoms. The molecule has 1 aromatic heterocycles. The first-order valence-corrected chi connectivity index (χ1v) is 7.06. The first kappa shape index (κ1) is 18.7. The lowest BCUT2D eigenvalue weighted by atomic mass is 10.1. The van der Waals surface area contributed by atoms with Gasteiger partial charge in [-0.1, -0.05) is 6.07 Å². The lowest BCUT2D eigenvalue weighted by Gasteiger charge is -2.13. The Kier molecular flexibility index (Phi) is 6.60. The number of rotatable bonds is 2. The van der Waals surface area contributed by atoms with Crippen molar-refractivity contribution in [1.82, 2.24) is 4.98 Å². The van der Waals surface area contributed by atoms with Crippen molar-refractivity contribution in [2.45, 2.75) is 32.2 Å². The third kappa shape index (κ3) is 3.69. The molecule has 0 radical (unpaired) electrons. The van der Waals surface area contributed by atoms with Gasteiger partial charge >= 0.3 is 0 Å². The Bertz CT molecular complexity index is 663. The predicted molar refractivity (Wildman–Crippen MR) is 94.9 cm³/mol. The monoisotopic (exact) mass is 341 g/mol. The molecule has 3 N–H and O–H groups in total. The Morgan fingerprint density at radius 2 is 2.05 bits per heavy atom. The van der Waals surface area contributed by atoms with Crippen molar-refractivity contribution < 1.29 is 4.79 Å². The lowest BCUT2D eigenvalue weighted by molar-refractivity contribution is -0.119. The van der Waals surface area contributed by atoms with Gasteiger partial charge in [0.25, 0.3) is 0 Å². The van der Waals surface area contributed by atoms with E-state index in [0.29, 0.717) is 0 Å². The summed E-state index contributed by atoms with van der Waals surface area (Å²) < 4.78 is 0. The number of nitrogens with zero attached hydrogens (tertiary/aromatic N) is 1. The van der Waals surface area contributed by atoms with Crippen molar-refractivity contribution in [1.29, 1.82) is 0 Å². The third-order valence-corrected chi connectivity index (χ3v) is 4.07. The summed E-state index contributed by atoms with van der Waals surface area (Å²) in [6.07, 6.45) is 4.38. The normalized spacial score (nSPS) is 20.1. The van der Waals surface area contributed by atoms with Gasteiger partial charge in [0.2, 0.25) is 5.91 Å². The Morgan fingerprint density at radius 3 is 2.73 bits per heavy atom. The second-order valence-corrected chi connectivity index (χ2v) is 5.59. The molecule has 0 aliphatic heterocycles. The molecule has 1 amide bonds. The van der Waals surface area contributed by atoms with Gasteiger partial charge in [-0.25, -0.2) is 0 Å². The van der Waals surface area contributed by atoms with Crippen molar-refractivity contribution in [3.8, 4) is 0 Å². The molecule has 1 aromatic carbocycles. The minimum Gasteiger partial charge on any atom is -0.328 e. The number of nitrogens with two attached hydrogens (primary N) is 1. The highest BCUT2D eigenvalue weighted by Gasteiger charge is 2.27. The Labute approximate surface area is 142 Å². The summed E-state index contributed by atoms with van der Waals surface area (Å²) in [5.74, 6) is 0.116. The molecule has 22 heavy (non-hydrogen) atoms. The van der Waals surface area contributed by atoms with Gasteiger partial charge in [0.1, 0.15) is 0 Å². The molecule has 1 saturated carbocycles. The fourth-order valence-corrected chi connectivity index (χ4v) is 2.91. The molecule has 1 fully saturated rings. The van der Waals surface area contributed by atoms with Crippen LogP contribution in [0.5, 0.6) is 0 Å². The molecular weight excluding hydrogens is 321 g/mol. The summed E-state index contributed by atoms with van der Waals surface area (Å²) in [7, 11) is 0. The quantitative estimate of drug-likeness (QED) is 0.878. The summed E-state index contributed by atoms with van der Waals surface area (Å²) in [6.45, 7) is 2.02. The number of aryl methyl sites for hydroxylation is 1. The maximum absolute atomic E-state index is 12.3. The second kappa shape index (κ2) is 7.77. The molecule has 120 valence electrons. The number of amides is 1. The van der Waals surface area contributed by atoms with Crippen molar-refractivity contribution in [3.63, 3.8) is 0 Å². The number of benzene rings is 1. The molecule has 2 atom stereocenters. The van der Waals surface area contributed by atoms with Crippen molar-refractivity contribution in [2.75, 3.05) is 5.32 Å². The number of nitrogens with one attached hydrogen (secondary N) is 1. The Balaban J connectivity index is 0.00000121. The number of halogens is 2. The van der Waals surface area contributed by atoms with E-state index in [0.717, 1.165) is 41.4 Å². The first-order chi connectivity index (χ1) is 9.65. The molecule has 6 heteroatoms. The Morgan fingerprint density at radius 1 is 1.27 bits per heavy atom. The van der Waals surface area contributed by atoms with Crippen LogP contribution in [0.15, 0.2) is 30.5 Å². The van der Waals surface area contributed by atoms with E-state index in [1.54, 1.807) is 6.20 Å². The fourth-order valence-electron chi connectivity index (χ4n) is 2.91. The molecule has 0 saturated heterocycles. The zero-order valence-corrected chi connectivity index (χ0v) is 14.0. The molecule has 4 nitrogen and oxygen atoms in total. The van der Waals surface area contributed by atoms with Crippen LogP contribution in [-0.4, -0.2) is 16.9 Å². The van der Waals surface area contributed by atoms with Gasteiger partial charge in [0.15, 0.2) is 0 Å². The second-order valence-electron chi connectivity index (χ2n) is 5.59. The summed E-state index contributed by atoms with van der Waals surface area (Å²) in [6, 6.07) is 7.99. The molecule has 0 spiro atoms. The molecule has 1 aliphatic rings. The van der Waals surface area contributed by atoms with E-state index in [2.05, 4.69) is 10.3 Å². The first-order valence-electron chi connectivity index (χ1n) is 7.06. The van der Waals surface area contributed by atoms with E-state index in [9.17, 15) is 4.79 Å². The van der Waals surface area contributed by atoms with Gasteiger partial charge in [-0.2, -0.15) is 0 Å². The average Bonchev–Trinajstić information content (AvgIpc) is 2.89. The van der Waals surface area contributed by atoms with Gasteiger partial charge in [-0.15, -0.1) is 24.8 Å². The van der Waals surface area contributed by atoms with Crippen LogP contribution < -0.4 is 11.1 Å². The minimum atomic E-state index is 0. The van der Waals surface area contributed by atoms with Gasteiger partial charge in [0.05, 0.1) is 11.2 Å². The number of carbonyl (C=O) groups is 1. The van der Waals surface area contributed by atoms with Crippen LogP contribution in [-0.2, 0) is 4.79 Å². The maximum atomic E-state index is 12.3. The highest BCUT2D eigenvalue weighted by atomic mass is 35.5. The number of hydrogen-bond acceptors (Lipinski definition) is 3. The van der Waals surface area contributed by atoms with Crippen molar-refractivity contribution in [2.24, 2.45) is 11.7 Å². The number of hydrogen-bond donors (Lipinski definition) is 2. The predicted octanol–water partition coefficient (Wildman–Crippen LogP) is 3.45. The number of anilines is 1. The van der Waals surface area contributed by atoms with Gasteiger partial charge < -0.3 is 11.1 Å². The number of pyridine rings is 1. The number of carbonyl (C=O) groups excluding carboxylic acids is 1. The standard InChI is InChI=1S/C16H19N3O.2ClH/c1-10-4-7-14(13-3-2-8-18-15(10)13)19-16(20)11-5-6-12(17)9-11;;/h2-4,7-8,11-12H,5-6,9,17H2,1H3,(H,19,20);2*1H. The van der Waals surface area contributed by atoms with E-state index < -0.39 is 0 Å². The molecule has 2 aromatic rings. The van der Waals surface area contributed by atoms with Crippen molar-refractivity contribution >= 4 is 47.3 Å². The zero-order chi connectivity index (χ0) is 14.1. The zero-order valence-electron chi connectivity index (χ0n) is 12.4. The van der Waals surface area contributed by atoms with E-state index in [-0.39, 0.29) is 42.7 Å². The van der Waals surface area contributed by atoms with Crippen LogP contribution in [0, 0.1) is 12.8 Å². The topological polar surface area (TPSA) is 68.0 Å². The molecule has 1 aliphatic carbocycles. The molecular formula is C16H21Cl2N3O. The minimum absolute atomic E-state index is 0. The van der Waals surface area contributed by atoms with E-state index >= 15 is 0 Å². The summed E-state index contributed by atoms with van der Waals surface area (Å²) >= 11 is 0. The SMILES string of the molecule is Cc1ccc(NC(=O)C2CCC(N)C2)c2cccnc12.Cl.Cl. The molecule has 1 heterocycles. The van der Waals surface area contributed by atoms with Crippen LogP contribution in [0.2, 0.25) is 0 Å².